The summed E-state index contributed by atoms with van der Waals surface area (Å²) in [7, 11) is 0. The summed E-state index contributed by atoms with van der Waals surface area (Å²) in [6.07, 6.45) is 1.92. The predicted octanol–water partition coefficient (Wildman–Crippen LogP) is 1.67. The number of carbonyl (C=O) groups is 1. The van der Waals surface area contributed by atoms with Crippen LogP contribution < -0.4 is 5.32 Å². The van der Waals surface area contributed by atoms with Crippen molar-refractivity contribution in [3.8, 4) is 0 Å². The molecule has 0 bridgehead atoms. The minimum Gasteiger partial charge on any atom is -0.307 e. The van der Waals surface area contributed by atoms with Crippen LogP contribution in [0.1, 0.15) is 13.8 Å². The normalized spacial score (nSPS) is 21.5. The van der Waals surface area contributed by atoms with Gasteiger partial charge in [-0.3, -0.25) is 4.79 Å². The van der Waals surface area contributed by atoms with E-state index in [1.807, 2.05) is 19.9 Å². The Morgan fingerprint density at radius 3 is 2.64 bits per heavy atom. The first kappa shape index (κ1) is 8.74. The maximum Gasteiger partial charge on any atom is 0.263 e. The van der Waals surface area contributed by atoms with Crippen LogP contribution in [0.25, 0.3) is 0 Å². The van der Waals surface area contributed by atoms with Gasteiger partial charge in [0.15, 0.2) is 0 Å². The van der Waals surface area contributed by atoms with E-state index in [1.165, 1.54) is 11.8 Å². The Bertz CT molecular complexity index is 233. The third-order valence-corrected chi connectivity index (χ3v) is 2.31. The minimum atomic E-state index is -0.0614. The fourth-order valence-corrected chi connectivity index (χ4v) is 1.93. The number of thiocarbonyl (C=S) groups is 1. The summed E-state index contributed by atoms with van der Waals surface area (Å²) in [5.41, 5.74) is 0. The Labute approximate surface area is 75.4 Å². The highest BCUT2D eigenvalue weighted by Gasteiger charge is 2.21. The molecule has 1 N–H and O–H groups in total. The number of amides is 1. The quantitative estimate of drug-likeness (QED) is 0.500. The van der Waals surface area contributed by atoms with Gasteiger partial charge in [-0.05, 0) is 5.92 Å². The van der Waals surface area contributed by atoms with Gasteiger partial charge in [-0.1, -0.05) is 43.9 Å². The van der Waals surface area contributed by atoms with Gasteiger partial charge in [-0.25, -0.2) is 0 Å². The average Bonchev–Trinajstić information content (AvgIpc) is 2.09. The first-order valence-electron chi connectivity index (χ1n) is 3.34. The number of allylic oxidation sites excluding steroid dienone is 1. The van der Waals surface area contributed by atoms with Crippen molar-refractivity contribution in [2.24, 2.45) is 5.92 Å². The van der Waals surface area contributed by atoms with Gasteiger partial charge >= 0.3 is 0 Å². The zero-order valence-corrected chi connectivity index (χ0v) is 8.01. The second-order valence-corrected chi connectivity index (χ2v) is 4.34. The van der Waals surface area contributed by atoms with Gasteiger partial charge in [0.05, 0.1) is 4.91 Å². The van der Waals surface area contributed by atoms with E-state index in [9.17, 15) is 4.79 Å². The van der Waals surface area contributed by atoms with Crippen LogP contribution in [0.4, 0.5) is 0 Å². The number of nitrogens with one attached hydrogen (secondary N) is 1. The molecule has 1 fully saturated rings. The van der Waals surface area contributed by atoms with Crippen molar-refractivity contribution in [2.75, 3.05) is 0 Å². The lowest BCUT2D eigenvalue weighted by Gasteiger charge is -1.94. The highest BCUT2D eigenvalue weighted by Crippen LogP contribution is 2.24. The summed E-state index contributed by atoms with van der Waals surface area (Å²) in [4.78, 5) is 11.8. The molecule has 0 aromatic carbocycles. The zero-order chi connectivity index (χ0) is 8.43. The molecule has 0 aliphatic carbocycles. The highest BCUT2D eigenvalue weighted by atomic mass is 32.2. The lowest BCUT2D eigenvalue weighted by Crippen LogP contribution is -2.17. The Morgan fingerprint density at radius 1 is 1.64 bits per heavy atom. The molecule has 0 saturated carbocycles. The molecule has 1 aliphatic heterocycles. The van der Waals surface area contributed by atoms with E-state index in [0.717, 1.165) is 4.91 Å². The maximum atomic E-state index is 11.0. The third-order valence-electron chi connectivity index (χ3n) is 1.13. The summed E-state index contributed by atoms with van der Waals surface area (Å²) in [5.74, 6) is 0.331. The van der Waals surface area contributed by atoms with E-state index in [-0.39, 0.29) is 5.91 Å². The first-order valence-corrected chi connectivity index (χ1v) is 4.57. The second kappa shape index (κ2) is 3.36. The van der Waals surface area contributed by atoms with Gasteiger partial charge in [0.1, 0.15) is 4.32 Å². The highest BCUT2D eigenvalue weighted by molar-refractivity contribution is 8.26. The first-order chi connectivity index (χ1) is 5.09. The molecule has 1 aliphatic rings. The van der Waals surface area contributed by atoms with Crippen LogP contribution in [0, 0.1) is 5.92 Å². The minimum absolute atomic E-state index is 0.0614. The molecule has 0 spiro atoms. The van der Waals surface area contributed by atoms with Crippen LogP contribution in [0.15, 0.2) is 11.0 Å². The molecular formula is C7H9NOS2. The van der Waals surface area contributed by atoms with Gasteiger partial charge in [0.2, 0.25) is 0 Å². The van der Waals surface area contributed by atoms with Crippen molar-refractivity contribution >= 4 is 34.2 Å². The molecular weight excluding hydrogens is 178 g/mol. The van der Waals surface area contributed by atoms with Crippen molar-refractivity contribution in [2.45, 2.75) is 13.8 Å². The van der Waals surface area contributed by atoms with Gasteiger partial charge < -0.3 is 5.32 Å². The van der Waals surface area contributed by atoms with Crippen LogP contribution in [0.2, 0.25) is 0 Å². The standard InChI is InChI=1S/C7H9NOS2/c1-4(2)3-5-6(9)8-7(10)11-5/h3-4H,1-2H3,(H,8,9,10)/b5-3-. The van der Waals surface area contributed by atoms with E-state index >= 15 is 0 Å². The second-order valence-electron chi connectivity index (χ2n) is 2.62. The molecule has 0 atom stereocenters. The van der Waals surface area contributed by atoms with E-state index in [4.69, 9.17) is 12.2 Å². The Hall–Kier alpha value is -0.350. The maximum absolute atomic E-state index is 11.0. The summed E-state index contributed by atoms with van der Waals surface area (Å²) in [5, 5.41) is 2.56. The van der Waals surface area contributed by atoms with Crippen molar-refractivity contribution in [1.82, 2.24) is 5.32 Å². The number of carbonyl (C=O) groups excluding carboxylic acids is 1. The Morgan fingerprint density at radius 2 is 2.27 bits per heavy atom. The lowest BCUT2D eigenvalue weighted by atomic mass is 10.2. The molecule has 0 unspecified atom stereocenters. The Kier molecular flexibility index (Phi) is 2.67. The van der Waals surface area contributed by atoms with Crippen LogP contribution in [-0.4, -0.2) is 10.2 Å². The summed E-state index contributed by atoms with van der Waals surface area (Å²) >= 11 is 6.15. The Balaban J connectivity index is 2.75. The molecule has 1 heterocycles. The van der Waals surface area contributed by atoms with Crippen LogP contribution in [-0.2, 0) is 4.79 Å². The molecule has 1 saturated heterocycles. The third kappa shape index (κ3) is 2.31. The number of thioether (sulfide) groups is 1. The number of rotatable bonds is 1. The molecule has 11 heavy (non-hydrogen) atoms. The van der Waals surface area contributed by atoms with Gasteiger partial charge in [-0.2, -0.15) is 0 Å². The van der Waals surface area contributed by atoms with Crippen molar-refractivity contribution in [3.05, 3.63) is 11.0 Å². The predicted molar refractivity (Wildman–Crippen MR) is 51.3 cm³/mol. The molecule has 60 valence electrons. The monoisotopic (exact) mass is 187 g/mol. The largest absolute Gasteiger partial charge is 0.307 e. The van der Waals surface area contributed by atoms with Crippen molar-refractivity contribution in [3.63, 3.8) is 0 Å². The molecule has 0 aromatic heterocycles. The smallest absolute Gasteiger partial charge is 0.263 e. The van der Waals surface area contributed by atoms with Gasteiger partial charge in [0, 0.05) is 0 Å². The fourth-order valence-electron chi connectivity index (χ4n) is 0.738. The topological polar surface area (TPSA) is 29.1 Å². The average molecular weight is 187 g/mol. The van der Waals surface area contributed by atoms with Crippen molar-refractivity contribution in [1.29, 1.82) is 0 Å². The molecule has 0 radical (unpaired) electrons. The van der Waals surface area contributed by atoms with E-state index in [1.54, 1.807) is 0 Å². The lowest BCUT2D eigenvalue weighted by molar-refractivity contribution is -0.115. The van der Waals surface area contributed by atoms with Crippen LogP contribution in [0.5, 0.6) is 0 Å². The molecule has 1 rings (SSSR count). The van der Waals surface area contributed by atoms with Crippen molar-refractivity contribution < 1.29 is 4.79 Å². The molecule has 0 aromatic rings. The van der Waals surface area contributed by atoms with E-state index < -0.39 is 0 Å². The zero-order valence-electron chi connectivity index (χ0n) is 6.38. The molecule has 4 heteroatoms. The van der Waals surface area contributed by atoms with Gasteiger partial charge in [-0.15, -0.1) is 0 Å². The van der Waals surface area contributed by atoms with Gasteiger partial charge in [0.25, 0.3) is 5.91 Å². The molecule has 1 amide bonds. The van der Waals surface area contributed by atoms with Crippen LogP contribution in [0.3, 0.4) is 0 Å². The number of hydrogen-bond donors (Lipinski definition) is 1. The molecule has 2 nitrogen and oxygen atoms in total. The van der Waals surface area contributed by atoms with E-state index in [2.05, 4.69) is 5.32 Å². The SMILES string of the molecule is CC(C)/C=C1\SC(=S)NC1=O. The summed E-state index contributed by atoms with van der Waals surface area (Å²) in [6.45, 7) is 4.06. The summed E-state index contributed by atoms with van der Waals surface area (Å²) < 4.78 is 0.557. The fraction of sp³-hybridized carbons (Fsp3) is 0.429. The number of hydrogen-bond acceptors (Lipinski definition) is 3. The van der Waals surface area contributed by atoms with E-state index in [0.29, 0.717) is 10.2 Å². The summed E-state index contributed by atoms with van der Waals surface area (Å²) in [6, 6.07) is 0. The van der Waals surface area contributed by atoms with Crippen LogP contribution >= 0.6 is 24.0 Å².